The highest BCUT2D eigenvalue weighted by Gasteiger charge is 2.27. The molecule has 0 amide bonds. The fourth-order valence-electron chi connectivity index (χ4n) is 2.66. The molecule has 0 spiro atoms. The van der Waals surface area contributed by atoms with E-state index in [4.69, 9.17) is 16.3 Å². The summed E-state index contributed by atoms with van der Waals surface area (Å²) in [6, 6.07) is 0. The van der Waals surface area contributed by atoms with Gasteiger partial charge in [0.05, 0.1) is 12.5 Å². The van der Waals surface area contributed by atoms with E-state index in [0.717, 1.165) is 25.7 Å². The van der Waals surface area contributed by atoms with Crippen molar-refractivity contribution in [3.8, 4) is 0 Å². The van der Waals surface area contributed by atoms with Crippen molar-refractivity contribution in [1.29, 1.82) is 0 Å². The molecule has 0 N–H and O–H groups in total. The number of halogens is 1. The van der Waals surface area contributed by atoms with Crippen LogP contribution in [0.1, 0.15) is 71.1 Å². The molecule has 0 radical (unpaired) electrons. The maximum atomic E-state index is 11.9. The van der Waals surface area contributed by atoms with Gasteiger partial charge in [0.2, 0.25) is 0 Å². The summed E-state index contributed by atoms with van der Waals surface area (Å²) in [5.74, 6) is -0.180. The molecule has 0 saturated heterocycles. The molecule has 2 nitrogen and oxygen atoms in total. The molecule has 18 heavy (non-hydrogen) atoms. The highest BCUT2D eigenvalue weighted by Crippen LogP contribution is 2.26. The number of hydrogen-bond acceptors (Lipinski definition) is 2. The van der Waals surface area contributed by atoms with Crippen LogP contribution in [0.15, 0.2) is 0 Å². The van der Waals surface area contributed by atoms with Crippen LogP contribution in [0.5, 0.6) is 0 Å². The van der Waals surface area contributed by atoms with Crippen molar-refractivity contribution < 1.29 is 9.53 Å². The number of ether oxygens (including phenoxy) is 1. The van der Waals surface area contributed by atoms with E-state index < -0.39 is 0 Å². The zero-order chi connectivity index (χ0) is 13.2. The van der Waals surface area contributed by atoms with Gasteiger partial charge in [-0.1, -0.05) is 51.4 Å². The standard InChI is InChI=1S/C15H27ClO2/c1-2-18-15(17)13-11-9-7-5-3-4-6-8-10-12-14(13)16/h13-14H,2-12H2,1H3. The van der Waals surface area contributed by atoms with Gasteiger partial charge in [0, 0.05) is 5.38 Å². The van der Waals surface area contributed by atoms with Crippen LogP contribution < -0.4 is 0 Å². The summed E-state index contributed by atoms with van der Waals surface area (Å²) in [6.45, 7) is 2.31. The molecule has 0 aliphatic heterocycles. The molecule has 1 aliphatic carbocycles. The molecular weight excluding hydrogens is 248 g/mol. The first-order chi connectivity index (χ1) is 8.75. The highest BCUT2D eigenvalue weighted by molar-refractivity contribution is 6.21. The van der Waals surface area contributed by atoms with Gasteiger partial charge < -0.3 is 4.74 Å². The molecule has 2 unspecified atom stereocenters. The average molecular weight is 275 g/mol. The Morgan fingerprint density at radius 2 is 1.50 bits per heavy atom. The van der Waals surface area contributed by atoms with Crippen LogP contribution in [0.2, 0.25) is 0 Å². The Morgan fingerprint density at radius 1 is 1.00 bits per heavy atom. The molecule has 0 heterocycles. The smallest absolute Gasteiger partial charge is 0.310 e. The number of carbonyl (C=O) groups excluding carboxylic acids is 1. The third-order valence-electron chi connectivity index (χ3n) is 3.77. The zero-order valence-corrected chi connectivity index (χ0v) is 12.4. The maximum absolute atomic E-state index is 11.9. The Morgan fingerprint density at radius 3 is 2.06 bits per heavy atom. The van der Waals surface area contributed by atoms with Gasteiger partial charge in [0.25, 0.3) is 0 Å². The minimum absolute atomic E-state index is 0.0384. The molecule has 3 heteroatoms. The van der Waals surface area contributed by atoms with Crippen molar-refractivity contribution in [2.24, 2.45) is 5.92 Å². The second-order valence-electron chi connectivity index (χ2n) is 5.28. The van der Waals surface area contributed by atoms with Gasteiger partial charge in [-0.2, -0.15) is 0 Å². The largest absolute Gasteiger partial charge is 0.466 e. The Hall–Kier alpha value is -0.240. The van der Waals surface area contributed by atoms with Crippen molar-refractivity contribution in [2.45, 2.75) is 76.5 Å². The minimum atomic E-state index is -0.0916. The Labute approximate surface area is 116 Å². The lowest BCUT2D eigenvalue weighted by Gasteiger charge is -2.21. The minimum Gasteiger partial charge on any atom is -0.466 e. The van der Waals surface area contributed by atoms with Crippen molar-refractivity contribution in [2.75, 3.05) is 6.61 Å². The van der Waals surface area contributed by atoms with E-state index in [2.05, 4.69) is 0 Å². The van der Waals surface area contributed by atoms with Gasteiger partial charge >= 0.3 is 5.97 Å². The van der Waals surface area contributed by atoms with E-state index in [1.165, 1.54) is 38.5 Å². The molecule has 0 bridgehead atoms. The van der Waals surface area contributed by atoms with Gasteiger partial charge in [-0.15, -0.1) is 11.6 Å². The summed E-state index contributed by atoms with van der Waals surface area (Å²) >= 11 is 6.41. The molecule has 0 aromatic carbocycles. The molecule has 106 valence electrons. The SMILES string of the molecule is CCOC(=O)C1CCCCCCCCCCC1Cl. The lowest BCUT2D eigenvalue weighted by Crippen LogP contribution is -2.26. The van der Waals surface area contributed by atoms with Crippen LogP contribution in [-0.4, -0.2) is 18.0 Å². The molecular formula is C15H27ClO2. The highest BCUT2D eigenvalue weighted by atomic mass is 35.5. The second kappa shape index (κ2) is 9.66. The molecule has 1 fully saturated rings. The average Bonchev–Trinajstić information content (AvgIpc) is 2.34. The lowest BCUT2D eigenvalue weighted by molar-refractivity contribution is -0.148. The fraction of sp³-hybridized carbons (Fsp3) is 0.933. The fourth-order valence-corrected chi connectivity index (χ4v) is 3.04. The van der Waals surface area contributed by atoms with Gasteiger partial charge in [-0.05, 0) is 19.8 Å². The van der Waals surface area contributed by atoms with Crippen LogP contribution in [0, 0.1) is 5.92 Å². The van der Waals surface area contributed by atoms with Crippen LogP contribution in [-0.2, 0) is 9.53 Å². The molecule has 1 rings (SSSR count). The predicted octanol–water partition coefficient (Wildman–Crippen LogP) is 4.69. The number of hydrogen-bond donors (Lipinski definition) is 0. The normalized spacial score (nSPS) is 27.9. The molecule has 2 atom stereocenters. The number of rotatable bonds is 2. The van der Waals surface area contributed by atoms with E-state index in [9.17, 15) is 4.79 Å². The van der Waals surface area contributed by atoms with Crippen molar-refractivity contribution in [1.82, 2.24) is 0 Å². The third-order valence-corrected chi connectivity index (χ3v) is 4.29. The van der Waals surface area contributed by atoms with E-state index in [-0.39, 0.29) is 17.3 Å². The molecule has 0 aromatic rings. The second-order valence-corrected chi connectivity index (χ2v) is 5.84. The van der Waals surface area contributed by atoms with Gasteiger partial charge in [-0.25, -0.2) is 0 Å². The van der Waals surface area contributed by atoms with Gasteiger partial charge in [0.15, 0.2) is 0 Å². The van der Waals surface area contributed by atoms with Gasteiger partial charge in [0.1, 0.15) is 0 Å². The molecule has 1 aliphatic rings. The molecule has 0 aromatic heterocycles. The van der Waals surface area contributed by atoms with E-state index in [0.29, 0.717) is 6.61 Å². The Balaban J connectivity index is 2.49. The lowest BCUT2D eigenvalue weighted by atomic mass is 9.92. The monoisotopic (exact) mass is 274 g/mol. The van der Waals surface area contributed by atoms with Crippen molar-refractivity contribution in [3.63, 3.8) is 0 Å². The maximum Gasteiger partial charge on any atom is 0.310 e. The first-order valence-electron chi connectivity index (χ1n) is 7.56. The topological polar surface area (TPSA) is 26.3 Å². The van der Waals surface area contributed by atoms with Crippen LogP contribution in [0.25, 0.3) is 0 Å². The first-order valence-corrected chi connectivity index (χ1v) is 8.00. The summed E-state index contributed by atoms with van der Waals surface area (Å²) in [6.07, 6.45) is 11.9. The van der Waals surface area contributed by atoms with E-state index >= 15 is 0 Å². The van der Waals surface area contributed by atoms with Gasteiger partial charge in [-0.3, -0.25) is 4.79 Å². The van der Waals surface area contributed by atoms with Crippen LogP contribution >= 0.6 is 11.6 Å². The van der Waals surface area contributed by atoms with Crippen LogP contribution in [0.3, 0.4) is 0 Å². The van der Waals surface area contributed by atoms with E-state index in [1.54, 1.807) is 0 Å². The third kappa shape index (κ3) is 6.08. The van der Waals surface area contributed by atoms with E-state index in [1.807, 2.05) is 6.92 Å². The quantitative estimate of drug-likeness (QED) is 0.539. The summed E-state index contributed by atoms with van der Waals surface area (Å²) in [7, 11) is 0. The number of carbonyl (C=O) groups is 1. The summed E-state index contributed by atoms with van der Waals surface area (Å²) in [4.78, 5) is 11.9. The predicted molar refractivity (Wildman–Crippen MR) is 75.9 cm³/mol. The molecule has 1 saturated carbocycles. The number of esters is 1. The Bertz CT molecular complexity index is 231. The zero-order valence-electron chi connectivity index (χ0n) is 11.6. The Kier molecular flexibility index (Phi) is 8.49. The van der Waals surface area contributed by atoms with Crippen molar-refractivity contribution in [3.05, 3.63) is 0 Å². The van der Waals surface area contributed by atoms with Crippen molar-refractivity contribution >= 4 is 17.6 Å². The summed E-state index contributed by atoms with van der Waals surface area (Å²) in [5.41, 5.74) is 0. The summed E-state index contributed by atoms with van der Waals surface area (Å²) in [5, 5.41) is -0.0384. The first kappa shape index (κ1) is 15.8. The van der Waals surface area contributed by atoms with Crippen LogP contribution in [0.4, 0.5) is 0 Å². The summed E-state index contributed by atoms with van der Waals surface area (Å²) < 4.78 is 5.15. The number of alkyl halides is 1.